The number of aromatic nitrogens is 3. The summed E-state index contributed by atoms with van der Waals surface area (Å²) in [6.45, 7) is 5.57. The zero-order valence-corrected chi connectivity index (χ0v) is 14.9. The number of primary amides is 1. The van der Waals surface area contributed by atoms with E-state index < -0.39 is 11.9 Å². The molecule has 0 bridgehead atoms. The lowest BCUT2D eigenvalue weighted by molar-refractivity contribution is -0.119. The van der Waals surface area contributed by atoms with E-state index in [9.17, 15) is 9.59 Å². The van der Waals surface area contributed by atoms with Gasteiger partial charge in [0.1, 0.15) is 11.6 Å². The SMILES string of the molecule is Cc1cc(C)n2nc(C)c(C(=O)N3c4ccccc4C[C@H]3C(N)=O)c2n1. The summed E-state index contributed by atoms with van der Waals surface area (Å²) >= 11 is 0. The normalized spacial score (nSPS) is 16.1. The van der Waals surface area contributed by atoms with Crippen LogP contribution in [0.4, 0.5) is 5.69 Å². The number of nitrogens with two attached hydrogens (primary N) is 1. The monoisotopic (exact) mass is 349 g/mol. The summed E-state index contributed by atoms with van der Waals surface area (Å²) in [4.78, 5) is 31.5. The summed E-state index contributed by atoms with van der Waals surface area (Å²) in [6, 6.07) is 8.68. The number of para-hydroxylation sites is 1. The number of carbonyl (C=O) groups is 2. The third-order valence-electron chi connectivity index (χ3n) is 4.81. The van der Waals surface area contributed by atoms with E-state index in [0.29, 0.717) is 29.0 Å². The topological polar surface area (TPSA) is 93.6 Å². The molecule has 3 heterocycles. The van der Waals surface area contributed by atoms with Gasteiger partial charge in [0.05, 0.1) is 5.69 Å². The van der Waals surface area contributed by atoms with Gasteiger partial charge in [0.25, 0.3) is 5.91 Å². The molecule has 0 saturated heterocycles. The Labute approximate surface area is 150 Å². The van der Waals surface area contributed by atoms with Gasteiger partial charge in [-0.3, -0.25) is 14.5 Å². The van der Waals surface area contributed by atoms with Gasteiger partial charge in [-0.05, 0) is 38.5 Å². The Morgan fingerprint density at radius 3 is 2.65 bits per heavy atom. The van der Waals surface area contributed by atoms with E-state index >= 15 is 0 Å². The third kappa shape index (κ3) is 2.28. The molecule has 2 N–H and O–H groups in total. The summed E-state index contributed by atoms with van der Waals surface area (Å²) < 4.78 is 1.66. The van der Waals surface area contributed by atoms with Crippen LogP contribution in [-0.4, -0.2) is 32.5 Å². The number of benzene rings is 1. The second-order valence-corrected chi connectivity index (χ2v) is 6.66. The molecule has 0 fully saturated rings. The smallest absolute Gasteiger partial charge is 0.264 e. The summed E-state index contributed by atoms with van der Waals surface area (Å²) in [6.07, 6.45) is 0.418. The fourth-order valence-electron chi connectivity index (χ4n) is 3.66. The molecule has 7 nitrogen and oxygen atoms in total. The molecule has 4 rings (SSSR count). The van der Waals surface area contributed by atoms with Gasteiger partial charge in [0.15, 0.2) is 5.65 Å². The number of carbonyl (C=O) groups excluding carboxylic acids is 2. The standard InChI is InChI=1S/C19H19N5O2/c1-10-8-11(2)24-18(21-10)16(12(3)22-24)19(26)23-14-7-5-4-6-13(14)9-15(23)17(20)25/h4-8,15H,9H2,1-3H3,(H2,20,25)/t15-/m0/s1. The molecule has 1 aliphatic heterocycles. The Hall–Kier alpha value is -3.22. The second-order valence-electron chi connectivity index (χ2n) is 6.66. The molecule has 2 amide bonds. The average molecular weight is 349 g/mol. The van der Waals surface area contributed by atoms with Crippen molar-refractivity contribution in [3.8, 4) is 0 Å². The predicted octanol–water partition coefficient (Wildman–Crippen LogP) is 1.71. The number of rotatable bonds is 2. The largest absolute Gasteiger partial charge is 0.368 e. The number of fused-ring (bicyclic) bond motifs is 2. The number of nitrogens with zero attached hydrogens (tertiary/aromatic N) is 4. The van der Waals surface area contributed by atoms with E-state index in [1.165, 1.54) is 4.90 Å². The summed E-state index contributed by atoms with van der Waals surface area (Å²) in [7, 11) is 0. The van der Waals surface area contributed by atoms with Crippen molar-refractivity contribution in [3.63, 3.8) is 0 Å². The minimum absolute atomic E-state index is 0.302. The van der Waals surface area contributed by atoms with Gasteiger partial charge in [-0.2, -0.15) is 5.10 Å². The van der Waals surface area contributed by atoms with Crippen LogP contribution in [0.2, 0.25) is 0 Å². The highest BCUT2D eigenvalue weighted by Gasteiger charge is 2.39. The van der Waals surface area contributed by atoms with Crippen molar-refractivity contribution in [2.45, 2.75) is 33.2 Å². The average Bonchev–Trinajstić information content (AvgIpc) is 3.12. The molecule has 0 saturated carbocycles. The minimum atomic E-state index is -0.708. The number of anilines is 1. The molecule has 7 heteroatoms. The van der Waals surface area contributed by atoms with Gasteiger partial charge in [0, 0.05) is 23.5 Å². The van der Waals surface area contributed by atoms with Crippen LogP contribution in [0.15, 0.2) is 30.3 Å². The van der Waals surface area contributed by atoms with Crippen LogP contribution < -0.4 is 10.6 Å². The van der Waals surface area contributed by atoms with Crippen LogP contribution in [0.3, 0.4) is 0 Å². The van der Waals surface area contributed by atoms with Crippen LogP contribution in [-0.2, 0) is 11.2 Å². The number of amides is 2. The van der Waals surface area contributed by atoms with Gasteiger partial charge in [0.2, 0.25) is 5.91 Å². The molecule has 0 spiro atoms. The Bertz CT molecular complexity index is 1070. The van der Waals surface area contributed by atoms with Crippen LogP contribution in [0, 0.1) is 20.8 Å². The van der Waals surface area contributed by atoms with Gasteiger partial charge >= 0.3 is 0 Å². The molecule has 0 aliphatic carbocycles. The Morgan fingerprint density at radius 2 is 1.92 bits per heavy atom. The first-order valence-corrected chi connectivity index (χ1v) is 8.43. The Morgan fingerprint density at radius 1 is 1.19 bits per heavy atom. The Balaban J connectivity index is 1.91. The molecule has 1 atom stereocenters. The van der Waals surface area contributed by atoms with Crippen LogP contribution in [0.25, 0.3) is 5.65 Å². The molecule has 2 aromatic heterocycles. The van der Waals surface area contributed by atoms with Crippen molar-refractivity contribution in [1.29, 1.82) is 0 Å². The number of hydrogen-bond donors (Lipinski definition) is 1. The minimum Gasteiger partial charge on any atom is -0.368 e. The molecule has 1 aromatic carbocycles. The van der Waals surface area contributed by atoms with E-state index in [2.05, 4.69) is 10.1 Å². The molecule has 0 unspecified atom stereocenters. The lowest BCUT2D eigenvalue weighted by Crippen LogP contribution is -2.46. The fraction of sp³-hybridized carbons (Fsp3) is 0.263. The predicted molar refractivity (Wildman–Crippen MR) is 97.1 cm³/mol. The highest BCUT2D eigenvalue weighted by Crippen LogP contribution is 2.34. The van der Waals surface area contributed by atoms with E-state index in [4.69, 9.17) is 5.73 Å². The fourth-order valence-corrected chi connectivity index (χ4v) is 3.66. The highest BCUT2D eigenvalue weighted by atomic mass is 16.2. The van der Waals surface area contributed by atoms with Crippen molar-refractivity contribution in [1.82, 2.24) is 14.6 Å². The summed E-state index contributed by atoms with van der Waals surface area (Å²) in [5.41, 5.74) is 10.4. The maximum absolute atomic E-state index is 13.5. The molecule has 0 radical (unpaired) electrons. The molecule has 132 valence electrons. The lowest BCUT2D eigenvalue weighted by Gasteiger charge is -2.23. The maximum Gasteiger partial charge on any atom is 0.264 e. The van der Waals surface area contributed by atoms with Gasteiger partial charge in [-0.1, -0.05) is 18.2 Å². The van der Waals surface area contributed by atoms with E-state index in [1.54, 1.807) is 11.4 Å². The Kier molecular flexibility index (Phi) is 3.54. The van der Waals surface area contributed by atoms with Crippen LogP contribution in [0.1, 0.15) is 33.0 Å². The zero-order valence-electron chi connectivity index (χ0n) is 14.9. The summed E-state index contributed by atoms with van der Waals surface area (Å²) in [5.74, 6) is -0.826. The first-order valence-electron chi connectivity index (χ1n) is 8.43. The van der Waals surface area contributed by atoms with Crippen molar-refractivity contribution in [2.75, 3.05) is 4.90 Å². The third-order valence-corrected chi connectivity index (χ3v) is 4.81. The van der Waals surface area contributed by atoms with E-state index in [0.717, 1.165) is 17.0 Å². The van der Waals surface area contributed by atoms with Crippen molar-refractivity contribution < 1.29 is 9.59 Å². The zero-order chi connectivity index (χ0) is 18.6. The van der Waals surface area contributed by atoms with Crippen LogP contribution >= 0.6 is 0 Å². The van der Waals surface area contributed by atoms with Crippen LogP contribution in [0.5, 0.6) is 0 Å². The first-order chi connectivity index (χ1) is 12.4. The van der Waals surface area contributed by atoms with E-state index in [-0.39, 0.29) is 5.91 Å². The quantitative estimate of drug-likeness (QED) is 0.762. The van der Waals surface area contributed by atoms with E-state index in [1.807, 2.05) is 44.2 Å². The maximum atomic E-state index is 13.5. The van der Waals surface area contributed by atoms with Gasteiger partial charge < -0.3 is 5.73 Å². The lowest BCUT2D eigenvalue weighted by atomic mass is 10.1. The number of hydrogen-bond acceptors (Lipinski definition) is 4. The molecular weight excluding hydrogens is 330 g/mol. The highest BCUT2D eigenvalue weighted by molar-refractivity contribution is 6.14. The summed E-state index contributed by atoms with van der Waals surface area (Å²) in [5, 5.41) is 4.46. The second kappa shape index (κ2) is 5.66. The first kappa shape index (κ1) is 16.3. The van der Waals surface area contributed by atoms with Crippen molar-refractivity contribution in [3.05, 3.63) is 58.5 Å². The van der Waals surface area contributed by atoms with Crippen molar-refractivity contribution in [2.24, 2.45) is 5.73 Å². The van der Waals surface area contributed by atoms with Gasteiger partial charge in [-0.25, -0.2) is 9.50 Å². The van der Waals surface area contributed by atoms with Gasteiger partial charge in [-0.15, -0.1) is 0 Å². The van der Waals surface area contributed by atoms with Crippen molar-refractivity contribution >= 4 is 23.1 Å². The molecule has 1 aliphatic rings. The molecular formula is C19H19N5O2. The molecule has 26 heavy (non-hydrogen) atoms. The molecule has 3 aromatic rings. The number of aryl methyl sites for hydroxylation is 3.